The summed E-state index contributed by atoms with van der Waals surface area (Å²) < 4.78 is 5.92. The SMILES string of the molecule is CC(=O)OCc1cc(I)cc(CN=[N+]=[N-])c1. The van der Waals surface area contributed by atoms with E-state index in [4.69, 9.17) is 10.3 Å². The van der Waals surface area contributed by atoms with Crippen LogP contribution in [0.5, 0.6) is 0 Å². The van der Waals surface area contributed by atoms with Crippen LogP contribution in [0.2, 0.25) is 0 Å². The summed E-state index contributed by atoms with van der Waals surface area (Å²) >= 11 is 2.16. The highest BCUT2D eigenvalue weighted by Gasteiger charge is 2.01. The van der Waals surface area contributed by atoms with Crippen LogP contribution >= 0.6 is 22.6 Å². The molecule has 0 aliphatic heterocycles. The van der Waals surface area contributed by atoms with E-state index in [1.54, 1.807) is 0 Å². The lowest BCUT2D eigenvalue weighted by Crippen LogP contribution is -1.99. The first kappa shape index (κ1) is 12.8. The van der Waals surface area contributed by atoms with Gasteiger partial charge in [0.1, 0.15) is 6.61 Å². The first-order valence-corrected chi connectivity index (χ1v) is 5.62. The molecule has 0 heterocycles. The van der Waals surface area contributed by atoms with E-state index < -0.39 is 0 Å². The standard InChI is InChI=1S/C10H10IN3O2/c1-7(15)16-6-9-2-8(5-13-14-12)3-10(11)4-9/h2-4H,5-6H2,1H3. The Labute approximate surface area is 107 Å². The Morgan fingerprint density at radius 1 is 1.50 bits per heavy atom. The van der Waals surface area contributed by atoms with Crippen molar-refractivity contribution in [1.29, 1.82) is 0 Å². The normalized spacial score (nSPS) is 9.38. The molecule has 0 fully saturated rings. The minimum absolute atomic E-state index is 0.245. The summed E-state index contributed by atoms with van der Waals surface area (Å²) in [7, 11) is 0. The predicted octanol–water partition coefficient (Wildman–Crippen LogP) is 3.16. The second kappa shape index (κ2) is 6.34. The number of ether oxygens (including phenoxy) is 1. The van der Waals surface area contributed by atoms with E-state index in [2.05, 4.69) is 32.6 Å². The molecule has 0 saturated carbocycles. The van der Waals surface area contributed by atoms with Gasteiger partial charge in [0.05, 0.1) is 6.54 Å². The maximum absolute atomic E-state index is 10.7. The molecule has 0 aliphatic rings. The molecule has 0 radical (unpaired) electrons. The highest BCUT2D eigenvalue weighted by atomic mass is 127. The predicted molar refractivity (Wildman–Crippen MR) is 67.5 cm³/mol. The van der Waals surface area contributed by atoms with Gasteiger partial charge in [-0.15, -0.1) is 0 Å². The first-order chi connectivity index (χ1) is 7.61. The third-order valence-electron chi connectivity index (χ3n) is 1.78. The zero-order valence-corrected chi connectivity index (χ0v) is 10.8. The number of halogens is 1. The van der Waals surface area contributed by atoms with Gasteiger partial charge in [-0.2, -0.15) is 0 Å². The third kappa shape index (κ3) is 4.50. The van der Waals surface area contributed by atoms with Gasteiger partial charge in [0, 0.05) is 15.4 Å². The maximum atomic E-state index is 10.7. The molecule has 0 aliphatic carbocycles. The summed E-state index contributed by atoms with van der Waals surface area (Å²) in [5.41, 5.74) is 10.0. The Hall–Kier alpha value is -1.27. The summed E-state index contributed by atoms with van der Waals surface area (Å²) in [5.74, 6) is -0.310. The average molecular weight is 331 g/mol. The van der Waals surface area contributed by atoms with Crippen LogP contribution in [0.1, 0.15) is 18.1 Å². The van der Waals surface area contributed by atoms with Crippen LogP contribution in [0, 0.1) is 3.57 Å². The van der Waals surface area contributed by atoms with E-state index >= 15 is 0 Å². The lowest BCUT2D eigenvalue weighted by Gasteiger charge is -2.05. The average Bonchev–Trinajstić information content (AvgIpc) is 2.23. The van der Waals surface area contributed by atoms with Crippen molar-refractivity contribution in [3.63, 3.8) is 0 Å². The van der Waals surface area contributed by atoms with Crippen LogP contribution in [0.15, 0.2) is 23.3 Å². The molecule has 0 saturated heterocycles. The maximum Gasteiger partial charge on any atom is 0.302 e. The topological polar surface area (TPSA) is 75.1 Å². The quantitative estimate of drug-likeness (QED) is 0.279. The smallest absolute Gasteiger partial charge is 0.302 e. The molecular weight excluding hydrogens is 321 g/mol. The molecule has 0 spiro atoms. The van der Waals surface area contributed by atoms with Crippen LogP contribution in [-0.2, 0) is 22.7 Å². The zero-order valence-electron chi connectivity index (χ0n) is 8.68. The number of rotatable bonds is 4. The number of carbonyl (C=O) groups is 1. The van der Waals surface area contributed by atoms with E-state index in [1.165, 1.54) is 6.92 Å². The Balaban J connectivity index is 2.80. The van der Waals surface area contributed by atoms with Gasteiger partial charge in [0.2, 0.25) is 0 Å². The van der Waals surface area contributed by atoms with Gasteiger partial charge in [-0.3, -0.25) is 4.79 Å². The van der Waals surface area contributed by atoms with Crippen molar-refractivity contribution in [2.24, 2.45) is 5.11 Å². The number of hydrogen-bond donors (Lipinski definition) is 0. The Morgan fingerprint density at radius 2 is 2.19 bits per heavy atom. The van der Waals surface area contributed by atoms with Crippen LogP contribution in [-0.4, -0.2) is 5.97 Å². The first-order valence-electron chi connectivity index (χ1n) is 4.54. The Bertz CT molecular complexity index is 442. The van der Waals surface area contributed by atoms with E-state index in [-0.39, 0.29) is 12.6 Å². The third-order valence-corrected chi connectivity index (χ3v) is 2.40. The molecule has 0 atom stereocenters. The molecule has 1 aromatic rings. The van der Waals surface area contributed by atoms with Gasteiger partial charge in [0.15, 0.2) is 0 Å². The molecule has 0 bridgehead atoms. The van der Waals surface area contributed by atoms with E-state index in [0.717, 1.165) is 14.7 Å². The minimum Gasteiger partial charge on any atom is -0.461 e. The largest absolute Gasteiger partial charge is 0.461 e. The van der Waals surface area contributed by atoms with E-state index in [9.17, 15) is 4.79 Å². The fourth-order valence-electron chi connectivity index (χ4n) is 1.19. The highest BCUT2D eigenvalue weighted by Crippen LogP contribution is 2.14. The van der Waals surface area contributed by atoms with E-state index in [0.29, 0.717) is 6.54 Å². The lowest BCUT2D eigenvalue weighted by atomic mass is 10.1. The number of benzene rings is 1. The van der Waals surface area contributed by atoms with Crippen molar-refractivity contribution >= 4 is 28.6 Å². The van der Waals surface area contributed by atoms with Crippen molar-refractivity contribution < 1.29 is 9.53 Å². The second-order valence-electron chi connectivity index (χ2n) is 3.14. The minimum atomic E-state index is -0.310. The van der Waals surface area contributed by atoms with Crippen molar-refractivity contribution in [2.45, 2.75) is 20.1 Å². The Morgan fingerprint density at radius 3 is 2.81 bits per heavy atom. The summed E-state index contributed by atoms with van der Waals surface area (Å²) in [6, 6.07) is 5.70. The number of nitrogens with zero attached hydrogens (tertiary/aromatic N) is 3. The van der Waals surface area contributed by atoms with Crippen LogP contribution in [0.3, 0.4) is 0 Å². The van der Waals surface area contributed by atoms with Gasteiger partial charge in [-0.05, 0) is 51.4 Å². The number of esters is 1. The van der Waals surface area contributed by atoms with E-state index in [1.807, 2.05) is 18.2 Å². The molecule has 84 valence electrons. The molecule has 0 aromatic heterocycles. The second-order valence-corrected chi connectivity index (χ2v) is 4.38. The summed E-state index contributed by atoms with van der Waals surface area (Å²) in [5, 5.41) is 3.49. The van der Waals surface area contributed by atoms with Crippen molar-refractivity contribution in [1.82, 2.24) is 0 Å². The van der Waals surface area contributed by atoms with Crippen molar-refractivity contribution in [3.8, 4) is 0 Å². The lowest BCUT2D eigenvalue weighted by molar-refractivity contribution is -0.142. The fraction of sp³-hybridized carbons (Fsp3) is 0.300. The zero-order chi connectivity index (χ0) is 12.0. The molecule has 0 N–H and O–H groups in total. The Kier molecular flexibility index (Phi) is 5.07. The molecule has 0 unspecified atom stereocenters. The highest BCUT2D eigenvalue weighted by molar-refractivity contribution is 14.1. The number of azide groups is 1. The van der Waals surface area contributed by atoms with Gasteiger partial charge < -0.3 is 4.74 Å². The molecule has 0 amide bonds. The molecular formula is C10H10IN3O2. The van der Waals surface area contributed by atoms with Crippen LogP contribution in [0.25, 0.3) is 10.4 Å². The fourth-order valence-corrected chi connectivity index (χ4v) is 1.99. The van der Waals surface area contributed by atoms with Crippen molar-refractivity contribution in [3.05, 3.63) is 43.3 Å². The molecule has 1 aromatic carbocycles. The molecule has 5 nitrogen and oxygen atoms in total. The van der Waals surface area contributed by atoms with Gasteiger partial charge in [0.25, 0.3) is 0 Å². The summed E-state index contributed by atoms with van der Waals surface area (Å²) in [6.07, 6.45) is 0. The summed E-state index contributed by atoms with van der Waals surface area (Å²) in [4.78, 5) is 13.4. The van der Waals surface area contributed by atoms with Crippen molar-refractivity contribution in [2.75, 3.05) is 0 Å². The number of hydrogen-bond acceptors (Lipinski definition) is 3. The van der Waals surface area contributed by atoms with Gasteiger partial charge in [-0.1, -0.05) is 11.2 Å². The van der Waals surface area contributed by atoms with Crippen LogP contribution < -0.4 is 0 Å². The number of carbonyl (C=O) groups excluding carboxylic acids is 1. The van der Waals surface area contributed by atoms with Gasteiger partial charge in [-0.25, -0.2) is 0 Å². The van der Waals surface area contributed by atoms with Crippen LogP contribution in [0.4, 0.5) is 0 Å². The van der Waals surface area contributed by atoms with Gasteiger partial charge >= 0.3 is 5.97 Å². The molecule has 16 heavy (non-hydrogen) atoms. The monoisotopic (exact) mass is 331 g/mol. The molecule has 1 rings (SSSR count). The summed E-state index contributed by atoms with van der Waals surface area (Å²) in [6.45, 7) is 1.92. The molecule has 6 heteroatoms.